The van der Waals surface area contributed by atoms with E-state index in [1.54, 1.807) is 0 Å². The maximum absolute atomic E-state index is 12.2. The summed E-state index contributed by atoms with van der Waals surface area (Å²) in [5.74, 6) is -0.380. The molecule has 140 valence electrons. The van der Waals surface area contributed by atoms with Gasteiger partial charge in [0.2, 0.25) is 0 Å². The first kappa shape index (κ1) is 18.5. The maximum Gasteiger partial charge on any atom is 0.573 e. The van der Waals surface area contributed by atoms with E-state index in [9.17, 15) is 22.8 Å². The van der Waals surface area contributed by atoms with Crippen LogP contribution in [0.3, 0.4) is 0 Å². The van der Waals surface area contributed by atoms with Gasteiger partial charge in [0.25, 0.3) is 10.9 Å². The van der Waals surface area contributed by atoms with Crippen molar-refractivity contribution < 1.29 is 17.9 Å². The number of rotatable bonds is 6. The minimum absolute atomic E-state index is 0.0762. The topological polar surface area (TPSA) is 67.4 Å². The van der Waals surface area contributed by atoms with Crippen LogP contribution in [-0.4, -0.2) is 6.36 Å². The monoisotopic (exact) mass is 376 g/mol. The standard InChI is InChI=1S/C19H15F3N2O3/c1-11(12-5-3-2-4-6-12)23-15-16(18(26)17(15)25)24-13-7-9-14(10-8-13)27-19(20,21)22/h2-11,23-24H,1H3. The molecule has 27 heavy (non-hydrogen) atoms. The number of benzene rings is 2. The molecule has 0 aliphatic carbocycles. The van der Waals surface area contributed by atoms with E-state index in [0.717, 1.165) is 17.7 Å². The van der Waals surface area contributed by atoms with Crippen molar-refractivity contribution in [1.82, 2.24) is 0 Å². The Balaban J connectivity index is 1.74. The van der Waals surface area contributed by atoms with Crippen molar-refractivity contribution in [2.24, 2.45) is 0 Å². The van der Waals surface area contributed by atoms with Gasteiger partial charge in [-0.2, -0.15) is 0 Å². The molecule has 0 amide bonds. The first-order chi connectivity index (χ1) is 12.7. The second kappa shape index (κ2) is 7.14. The Morgan fingerprint density at radius 1 is 0.889 bits per heavy atom. The number of nitrogens with one attached hydrogen (secondary N) is 2. The fourth-order valence-electron chi connectivity index (χ4n) is 2.57. The quantitative estimate of drug-likeness (QED) is 0.634. The lowest BCUT2D eigenvalue weighted by Crippen LogP contribution is -2.37. The van der Waals surface area contributed by atoms with Crippen LogP contribution in [-0.2, 0) is 0 Å². The highest BCUT2D eigenvalue weighted by Gasteiger charge is 2.31. The van der Waals surface area contributed by atoms with Gasteiger partial charge in [0.05, 0.1) is 0 Å². The number of hydrogen-bond acceptors (Lipinski definition) is 5. The second-order valence-corrected chi connectivity index (χ2v) is 5.88. The Hall–Kier alpha value is -3.29. The fraction of sp³-hybridized carbons (Fsp3) is 0.158. The Morgan fingerprint density at radius 3 is 2.07 bits per heavy atom. The van der Waals surface area contributed by atoms with Gasteiger partial charge in [-0.3, -0.25) is 9.59 Å². The molecule has 3 aromatic carbocycles. The molecule has 0 bridgehead atoms. The molecule has 1 atom stereocenters. The molecule has 5 nitrogen and oxygen atoms in total. The first-order valence-corrected chi connectivity index (χ1v) is 8.02. The summed E-state index contributed by atoms with van der Waals surface area (Å²) in [7, 11) is 0. The van der Waals surface area contributed by atoms with Crippen LogP contribution >= 0.6 is 0 Å². The number of hydrogen-bond donors (Lipinski definition) is 2. The number of ether oxygens (including phenoxy) is 1. The van der Waals surface area contributed by atoms with Crippen LogP contribution in [0.15, 0.2) is 64.2 Å². The predicted molar refractivity (Wildman–Crippen MR) is 96.2 cm³/mol. The highest BCUT2D eigenvalue weighted by atomic mass is 19.4. The molecule has 0 aliphatic rings. The molecule has 8 heteroatoms. The summed E-state index contributed by atoms with van der Waals surface area (Å²) in [5.41, 5.74) is 0.183. The van der Waals surface area contributed by atoms with Gasteiger partial charge in [0.15, 0.2) is 0 Å². The number of anilines is 3. The molecule has 1 unspecified atom stereocenters. The van der Waals surface area contributed by atoms with Crippen molar-refractivity contribution in [2.45, 2.75) is 19.3 Å². The average molecular weight is 376 g/mol. The summed E-state index contributed by atoms with van der Waals surface area (Å²) < 4.78 is 40.4. The van der Waals surface area contributed by atoms with Gasteiger partial charge in [-0.1, -0.05) is 30.3 Å². The van der Waals surface area contributed by atoms with E-state index in [-0.39, 0.29) is 23.2 Å². The first-order valence-electron chi connectivity index (χ1n) is 8.02. The molecule has 0 saturated heterocycles. The lowest BCUT2D eigenvalue weighted by molar-refractivity contribution is -0.274. The Kier molecular flexibility index (Phi) is 4.89. The zero-order valence-electron chi connectivity index (χ0n) is 14.1. The van der Waals surface area contributed by atoms with Crippen LogP contribution in [0.4, 0.5) is 30.2 Å². The van der Waals surface area contributed by atoms with Crippen molar-refractivity contribution >= 4 is 17.1 Å². The summed E-state index contributed by atoms with van der Waals surface area (Å²) in [6, 6.07) is 14.0. The summed E-state index contributed by atoms with van der Waals surface area (Å²) in [4.78, 5) is 23.8. The Labute approximate surface area is 152 Å². The molecular weight excluding hydrogens is 361 g/mol. The third kappa shape index (κ3) is 4.28. The summed E-state index contributed by atoms with van der Waals surface area (Å²) in [6.07, 6.45) is -4.78. The molecule has 0 saturated carbocycles. The van der Waals surface area contributed by atoms with Gasteiger partial charge in [0.1, 0.15) is 17.1 Å². The summed E-state index contributed by atoms with van der Waals surface area (Å²) in [6.45, 7) is 1.85. The normalized spacial score (nSPS) is 12.6. The highest BCUT2D eigenvalue weighted by molar-refractivity contribution is 5.79. The minimum atomic E-state index is -4.78. The summed E-state index contributed by atoms with van der Waals surface area (Å²) >= 11 is 0. The minimum Gasteiger partial charge on any atom is -0.406 e. The second-order valence-electron chi connectivity index (χ2n) is 5.88. The third-order valence-electron chi connectivity index (χ3n) is 3.93. The van der Waals surface area contributed by atoms with Crippen LogP contribution in [0.25, 0.3) is 0 Å². The molecule has 3 rings (SSSR count). The highest BCUT2D eigenvalue weighted by Crippen LogP contribution is 2.27. The van der Waals surface area contributed by atoms with Crippen molar-refractivity contribution in [3.8, 4) is 5.75 Å². The average Bonchev–Trinajstić information content (AvgIpc) is 2.65. The molecule has 2 N–H and O–H groups in total. The molecule has 0 heterocycles. The van der Waals surface area contributed by atoms with Gasteiger partial charge in [-0.15, -0.1) is 13.2 Å². The van der Waals surface area contributed by atoms with Gasteiger partial charge < -0.3 is 15.4 Å². The van der Waals surface area contributed by atoms with E-state index in [4.69, 9.17) is 0 Å². The van der Waals surface area contributed by atoms with E-state index in [2.05, 4.69) is 15.4 Å². The van der Waals surface area contributed by atoms with Gasteiger partial charge >= 0.3 is 6.36 Å². The molecule has 0 fully saturated rings. The van der Waals surface area contributed by atoms with Gasteiger partial charge in [-0.05, 0) is 36.8 Å². The van der Waals surface area contributed by atoms with E-state index in [0.29, 0.717) is 5.69 Å². The molecule has 0 aromatic heterocycles. The van der Waals surface area contributed by atoms with Crippen LogP contribution in [0, 0.1) is 0 Å². The Morgan fingerprint density at radius 2 is 1.48 bits per heavy atom. The predicted octanol–water partition coefficient (Wildman–Crippen LogP) is 4.10. The van der Waals surface area contributed by atoms with Crippen LogP contribution < -0.4 is 26.2 Å². The molecular formula is C19H15F3N2O3. The molecule has 0 radical (unpaired) electrons. The van der Waals surface area contributed by atoms with E-state index < -0.39 is 17.2 Å². The lowest BCUT2D eigenvalue weighted by Gasteiger charge is -2.20. The van der Waals surface area contributed by atoms with Crippen LogP contribution in [0.1, 0.15) is 18.5 Å². The van der Waals surface area contributed by atoms with Crippen LogP contribution in [0.2, 0.25) is 0 Å². The lowest BCUT2D eigenvalue weighted by atomic mass is 10.1. The SMILES string of the molecule is CC(Nc1c(Nc2ccc(OC(F)(F)F)cc2)c(=O)c1=O)c1ccccc1. The zero-order valence-corrected chi connectivity index (χ0v) is 14.1. The van der Waals surface area contributed by atoms with E-state index >= 15 is 0 Å². The third-order valence-corrected chi connectivity index (χ3v) is 3.93. The smallest absolute Gasteiger partial charge is 0.406 e. The van der Waals surface area contributed by atoms with E-state index in [1.165, 1.54) is 12.1 Å². The molecule has 3 aromatic rings. The van der Waals surface area contributed by atoms with Crippen molar-refractivity contribution in [3.05, 3.63) is 80.6 Å². The van der Waals surface area contributed by atoms with E-state index in [1.807, 2.05) is 37.3 Å². The zero-order chi connectivity index (χ0) is 19.6. The summed E-state index contributed by atoms with van der Waals surface area (Å²) in [5, 5.41) is 5.76. The fourth-order valence-corrected chi connectivity index (χ4v) is 2.57. The largest absolute Gasteiger partial charge is 0.573 e. The number of halogens is 3. The van der Waals surface area contributed by atoms with Crippen LogP contribution in [0.5, 0.6) is 5.75 Å². The number of alkyl halides is 3. The van der Waals surface area contributed by atoms with Crippen molar-refractivity contribution in [1.29, 1.82) is 0 Å². The molecule has 0 spiro atoms. The van der Waals surface area contributed by atoms with Gasteiger partial charge in [-0.25, -0.2) is 0 Å². The Bertz CT molecular complexity index is 992. The molecule has 0 aliphatic heterocycles. The van der Waals surface area contributed by atoms with Crippen molar-refractivity contribution in [3.63, 3.8) is 0 Å². The van der Waals surface area contributed by atoms with Gasteiger partial charge in [0, 0.05) is 11.7 Å². The van der Waals surface area contributed by atoms with Crippen molar-refractivity contribution in [2.75, 3.05) is 10.6 Å². The maximum atomic E-state index is 12.2.